The third-order valence-electron chi connectivity index (χ3n) is 0. The summed E-state index contributed by atoms with van der Waals surface area (Å²) in [4.78, 5) is 0. The van der Waals surface area contributed by atoms with E-state index in [9.17, 15) is 0 Å². The van der Waals surface area contributed by atoms with Crippen LogP contribution in [0.1, 0.15) is 0 Å². The van der Waals surface area contributed by atoms with Crippen LogP contribution < -0.4 is 0 Å². The first-order valence-corrected chi connectivity index (χ1v) is 0. The Morgan fingerprint density at radius 2 is 0.500 bits per heavy atom. The largest absolute Gasteiger partial charge is 0 e. The van der Waals surface area contributed by atoms with Crippen LogP contribution in [0, 0.1) is 0 Å². The molecule has 4 heteroatoms. The van der Waals surface area contributed by atoms with E-state index in [2.05, 4.69) is 0 Å². The topological polar surface area (TPSA) is 0 Å². The second-order valence-corrected chi connectivity index (χ2v) is 0. The van der Waals surface area contributed by atoms with Gasteiger partial charge in [0, 0.05) is 93.6 Å². The molecule has 0 saturated carbocycles. The summed E-state index contributed by atoms with van der Waals surface area (Å²) in [6, 6.07) is 0. The maximum absolute atomic E-state index is 0. The summed E-state index contributed by atoms with van der Waals surface area (Å²) < 4.78 is 0. The predicted molar refractivity (Wildman–Crippen MR) is 11.5 cm³/mol. The molecule has 0 bridgehead atoms. The van der Waals surface area contributed by atoms with Crippen molar-refractivity contribution in [1.29, 1.82) is 0 Å². The summed E-state index contributed by atoms with van der Waals surface area (Å²) in [7, 11) is 0. The van der Waals surface area contributed by atoms with Crippen molar-refractivity contribution in [2.75, 3.05) is 0 Å². The molecule has 0 nitrogen and oxygen atoms in total. The molecule has 0 aliphatic rings. The van der Waals surface area contributed by atoms with Gasteiger partial charge in [-0.1, -0.05) is 0 Å². The average Bonchev–Trinajstić information content (AvgIpc) is 0. The molecule has 0 amide bonds. The number of hydrogen-bond acceptors (Lipinski definition) is 0. The van der Waals surface area contributed by atoms with E-state index in [1.807, 2.05) is 0 Å². The van der Waals surface area contributed by atoms with Gasteiger partial charge in [0.15, 0.2) is 0 Å². The van der Waals surface area contributed by atoms with Gasteiger partial charge in [-0.3, -0.25) is 0 Å². The van der Waals surface area contributed by atoms with Crippen LogP contribution in [0.5, 0.6) is 0 Å². The van der Waals surface area contributed by atoms with Gasteiger partial charge in [0.2, 0.25) is 0 Å². The van der Waals surface area contributed by atoms with Gasteiger partial charge < -0.3 is 0 Å². The summed E-state index contributed by atoms with van der Waals surface area (Å²) in [5, 5.41) is 0. The number of hydrogen-bond donors (Lipinski definition) is 0. The molecule has 0 unspecified atom stereocenters. The molecule has 0 heterocycles. The van der Waals surface area contributed by atoms with Crippen molar-refractivity contribution >= 4 is 54.6 Å². The SMILES string of the molecule is [Pb].[Pb].[Zn].[Zn]. The van der Waals surface area contributed by atoms with Crippen molar-refractivity contribution in [3.8, 4) is 0 Å². The third kappa shape index (κ3) is 8.92. The molecular weight excluding hydrogens is 545 g/mol. The molecule has 0 aromatic heterocycles. The van der Waals surface area contributed by atoms with E-state index in [1.54, 1.807) is 0 Å². The van der Waals surface area contributed by atoms with Gasteiger partial charge in [-0.2, -0.15) is 0 Å². The molecule has 0 aliphatic carbocycles. The summed E-state index contributed by atoms with van der Waals surface area (Å²) in [5.74, 6) is 0. The Kier molecular flexibility index (Phi) is 114. The Hall–Kier alpha value is 3.09. The first-order valence-electron chi connectivity index (χ1n) is 0. The Labute approximate surface area is 91.7 Å². The van der Waals surface area contributed by atoms with Gasteiger partial charge in [0.25, 0.3) is 0 Å². The average molecular weight is 545 g/mol. The quantitative estimate of drug-likeness (QED) is 0.352. The third-order valence-corrected chi connectivity index (χ3v) is 0. The minimum atomic E-state index is 0. The zero-order valence-electron chi connectivity index (χ0n) is 2.41. The van der Waals surface area contributed by atoms with E-state index in [-0.39, 0.29) is 93.6 Å². The van der Waals surface area contributed by atoms with E-state index >= 15 is 0 Å². The molecule has 12 valence electrons. The van der Waals surface area contributed by atoms with Crippen molar-refractivity contribution < 1.29 is 39.0 Å². The molecule has 8 radical (unpaired) electrons. The molecule has 0 aromatic rings. The zero-order chi connectivity index (χ0) is 0. The van der Waals surface area contributed by atoms with Crippen molar-refractivity contribution in [2.45, 2.75) is 0 Å². The summed E-state index contributed by atoms with van der Waals surface area (Å²) >= 11 is 0. The second kappa shape index (κ2) is 16.5. The van der Waals surface area contributed by atoms with E-state index < -0.39 is 0 Å². The van der Waals surface area contributed by atoms with Crippen molar-refractivity contribution in [1.82, 2.24) is 0 Å². The van der Waals surface area contributed by atoms with Crippen LogP contribution in [-0.2, 0) is 39.0 Å². The molecule has 4 heavy (non-hydrogen) atoms. The molecule has 0 aliphatic heterocycles. The monoisotopic (exact) mass is 544 g/mol. The standard InChI is InChI=1S/2Pb.2Zn. The molecule has 0 fully saturated rings. The normalized spacial score (nSPS) is 0. The van der Waals surface area contributed by atoms with Crippen molar-refractivity contribution in [2.24, 2.45) is 0 Å². The molecule has 0 saturated heterocycles. The van der Waals surface area contributed by atoms with Gasteiger partial charge in [-0.15, -0.1) is 0 Å². The Balaban J connectivity index is 0. The van der Waals surface area contributed by atoms with Crippen LogP contribution in [-0.4, -0.2) is 54.6 Å². The van der Waals surface area contributed by atoms with Crippen LogP contribution in [0.3, 0.4) is 0 Å². The first-order chi connectivity index (χ1) is 0. The molecular formula is Pb2Zn2. The van der Waals surface area contributed by atoms with Crippen LogP contribution in [0.4, 0.5) is 0 Å². The van der Waals surface area contributed by atoms with Gasteiger partial charge >= 0.3 is 0 Å². The maximum atomic E-state index is 0. The van der Waals surface area contributed by atoms with Gasteiger partial charge in [0.05, 0.1) is 0 Å². The molecule has 0 spiro atoms. The minimum Gasteiger partial charge on any atom is 0 e. The summed E-state index contributed by atoms with van der Waals surface area (Å²) in [6.45, 7) is 0. The second-order valence-electron chi connectivity index (χ2n) is 0. The fourth-order valence-electron chi connectivity index (χ4n) is 0. The molecule has 0 rings (SSSR count). The Bertz CT molecular complexity index is 4.00. The van der Waals surface area contributed by atoms with Crippen LogP contribution in [0.15, 0.2) is 0 Å². The zero-order valence-corrected chi connectivity index (χ0v) is 16.1. The van der Waals surface area contributed by atoms with Crippen molar-refractivity contribution in [3.63, 3.8) is 0 Å². The first kappa shape index (κ1) is 27.5. The Morgan fingerprint density at radius 1 is 0.500 bits per heavy atom. The van der Waals surface area contributed by atoms with Crippen LogP contribution >= 0.6 is 0 Å². The Morgan fingerprint density at radius 3 is 0.500 bits per heavy atom. The smallest absolute Gasteiger partial charge is 0 e. The van der Waals surface area contributed by atoms with E-state index in [1.165, 1.54) is 0 Å². The summed E-state index contributed by atoms with van der Waals surface area (Å²) in [5.41, 5.74) is 0. The molecule has 0 atom stereocenters. The van der Waals surface area contributed by atoms with E-state index in [4.69, 9.17) is 0 Å². The number of rotatable bonds is 0. The minimum absolute atomic E-state index is 0. The summed E-state index contributed by atoms with van der Waals surface area (Å²) in [6.07, 6.45) is 0. The van der Waals surface area contributed by atoms with Crippen LogP contribution in [0.25, 0.3) is 0 Å². The van der Waals surface area contributed by atoms with Gasteiger partial charge in [-0.25, -0.2) is 0 Å². The van der Waals surface area contributed by atoms with Gasteiger partial charge in [0.1, 0.15) is 0 Å². The predicted octanol–water partition coefficient (Wildman–Crippen LogP) is -0.767. The van der Waals surface area contributed by atoms with Crippen molar-refractivity contribution in [3.05, 3.63) is 0 Å². The van der Waals surface area contributed by atoms with E-state index in [0.29, 0.717) is 0 Å². The van der Waals surface area contributed by atoms with Crippen LogP contribution in [0.2, 0.25) is 0 Å². The van der Waals surface area contributed by atoms with E-state index in [0.717, 1.165) is 0 Å². The fraction of sp³-hybridized carbons (Fsp3) is 0. The maximum Gasteiger partial charge on any atom is 0 e. The molecule has 0 aromatic carbocycles. The fourth-order valence-corrected chi connectivity index (χ4v) is 0. The molecule has 0 N–H and O–H groups in total. The van der Waals surface area contributed by atoms with Gasteiger partial charge in [-0.05, 0) is 0 Å².